The summed E-state index contributed by atoms with van der Waals surface area (Å²) in [7, 11) is 0. The van der Waals surface area contributed by atoms with Crippen molar-refractivity contribution < 1.29 is 9.53 Å². The van der Waals surface area contributed by atoms with Gasteiger partial charge in [-0.2, -0.15) is 0 Å². The van der Waals surface area contributed by atoms with Crippen LogP contribution in [0.5, 0.6) is 0 Å². The van der Waals surface area contributed by atoms with Gasteiger partial charge in [0, 0.05) is 37.5 Å². The van der Waals surface area contributed by atoms with Crippen molar-refractivity contribution >= 4 is 28.2 Å². The number of carbonyl (C=O) groups excluding carboxylic acids is 1. The van der Waals surface area contributed by atoms with Crippen LogP contribution >= 0.6 is 0 Å². The number of ether oxygens (including phenoxy) is 1. The van der Waals surface area contributed by atoms with E-state index in [9.17, 15) is 9.59 Å². The minimum absolute atomic E-state index is 0.0273. The fraction of sp³-hybridized carbons (Fsp3) is 0.400. The third-order valence-electron chi connectivity index (χ3n) is 6.47. The maximum Gasteiger partial charge on any atom is 0.263 e. The summed E-state index contributed by atoms with van der Waals surface area (Å²) in [6.45, 7) is 5.03. The van der Waals surface area contributed by atoms with Gasteiger partial charge < -0.3 is 19.5 Å². The van der Waals surface area contributed by atoms with E-state index < -0.39 is 5.91 Å². The van der Waals surface area contributed by atoms with Crippen molar-refractivity contribution in [3.8, 4) is 0 Å². The van der Waals surface area contributed by atoms with E-state index in [0.29, 0.717) is 17.8 Å². The second kappa shape index (κ2) is 8.74. The summed E-state index contributed by atoms with van der Waals surface area (Å²) in [5.74, 6) is -0.395. The lowest BCUT2D eigenvalue weighted by atomic mass is 10.1. The molecule has 1 unspecified atom stereocenters. The third kappa shape index (κ3) is 3.88. The summed E-state index contributed by atoms with van der Waals surface area (Å²) in [6, 6.07) is 9.59. The molecule has 166 valence electrons. The number of benzene rings is 1. The standard InChI is InChI=1S/C25H28N4O3/c1-17-10-14-29(16-18-6-5-15-32-18)25(31)22(17)24(30)27-20-8-9-21(28-12-2-3-13-28)23-19(20)7-4-11-26-23/h4,7-11,14,18H,2-3,5-6,12-13,15-16H2,1H3,(H,27,30). The van der Waals surface area contributed by atoms with Crippen molar-refractivity contribution in [3.05, 3.63) is 64.2 Å². The first-order chi connectivity index (χ1) is 15.6. The lowest BCUT2D eigenvalue weighted by Crippen LogP contribution is -2.32. The molecule has 1 atom stereocenters. The first-order valence-corrected chi connectivity index (χ1v) is 11.4. The van der Waals surface area contributed by atoms with Crippen molar-refractivity contribution in [1.82, 2.24) is 9.55 Å². The molecule has 7 nitrogen and oxygen atoms in total. The summed E-state index contributed by atoms with van der Waals surface area (Å²) in [5.41, 5.74) is 3.17. The highest BCUT2D eigenvalue weighted by Gasteiger charge is 2.22. The molecular weight excluding hydrogens is 404 g/mol. The molecule has 0 saturated carbocycles. The van der Waals surface area contributed by atoms with Crippen LogP contribution in [0, 0.1) is 6.92 Å². The van der Waals surface area contributed by atoms with Crippen molar-refractivity contribution in [2.45, 2.75) is 45.3 Å². The molecule has 3 aromatic rings. The van der Waals surface area contributed by atoms with Crippen LogP contribution in [-0.2, 0) is 11.3 Å². The lowest BCUT2D eigenvalue weighted by Gasteiger charge is -2.20. The molecule has 1 N–H and O–H groups in total. The van der Waals surface area contributed by atoms with Gasteiger partial charge in [-0.25, -0.2) is 0 Å². The van der Waals surface area contributed by atoms with Gasteiger partial charge in [-0.1, -0.05) is 0 Å². The molecule has 7 heteroatoms. The van der Waals surface area contributed by atoms with Crippen molar-refractivity contribution in [3.63, 3.8) is 0 Å². The Labute approximate surface area is 187 Å². The topological polar surface area (TPSA) is 76.5 Å². The summed E-state index contributed by atoms with van der Waals surface area (Å²) < 4.78 is 7.26. The quantitative estimate of drug-likeness (QED) is 0.665. The molecule has 5 rings (SSSR count). The lowest BCUT2D eigenvalue weighted by molar-refractivity contribution is 0.0952. The molecule has 1 amide bonds. The number of fused-ring (bicyclic) bond motifs is 1. The Balaban J connectivity index is 1.46. The van der Waals surface area contributed by atoms with Crippen LogP contribution in [0.15, 0.2) is 47.5 Å². The number of rotatable bonds is 5. The van der Waals surface area contributed by atoms with E-state index >= 15 is 0 Å². The zero-order valence-electron chi connectivity index (χ0n) is 18.3. The number of anilines is 2. The Bertz CT molecular complexity index is 1210. The first kappa shape index (κ1) is 20.7. The second-order valence-electron chi connectivity index (χ2n) is 8.65. The number of nitrogens with zero attached hydrogens (tertiary/aromatic N) is 3. The van der Waals surface area contributed by atoms with Crippen molar-refractivity contribution in [1.29, 1.82) is 0 Å². The van der Waals surface area contributed by atoms with Crippen LogP contribution in [0.2, 0.25) is 0 Å². The first-order valence-electron chi connectivity index (χ1n) is 11.4. The number of pyridine rings is 2. The van der Waals surface area contributed by atoms with Gasteiger partial charge in [0.2, 0.25) is 0 Å². The zero-order chi connectivity index (χ0) is 22.1. The number of amides is 1. The van der Waals surface area contributed by atoms with Crippen molar-refractivity contribution in [2.24, 2.45) is 0 Å². The Morgan fingerprint density at radius 1 is 1.19 bits per heavy atom. The molecule has 4 heterocycles. The molecule has 0 spiro atoms. The summed E-state index contributed by atoms with van der Waals surface area (Å²) in [5, 5.41) is 3.85. The molecule has 2 aromatic heterocycles. The predicted molar refractivity (Wildman–Crippen MR) is 126 cm³/mol. The Morgan fingerprint density at radius 3 is 2.81 bits per heavy atom. The van der Waals surface area contributed by atoms with Gasteiger partial charge in [0.15, 0.2) is 0 Å². The average molecular weight is 433 g/mol. The highest BCUT2D eigenvalue weighted by molar-refractivity contribution is 6.10. The fourth-order valence-electron chi connectivity index (χ4n) is 4.76. The van der Waals surface area contributed by atoms with E-state index in [1.165, 1.54) is 12.8 Å². The minimum Gasteiger partial charge on any atom is -0.376 e. The monoisotopic (exact) mass is 432 g/mol. The summed E-state index contributed by atoms with van der Waals surface area (Å²) in [4.78, 5) is 33.3. The normalized spacial score (nSPS) is 18.4. The van der Waals surface area contributed by atoms with Crippen LogP contribution in [0.25, 0.3) is 10.9 Å². The molecule has 2 aliphatic rings. The third-order valence-corrected chi connectivity index (χ3v) is 6.47. The van der Waals surface area contributed by atoms with E-state index in [1.807, 2.05) is 30.3 Å². The molecule has 2 fully saturated rings. The van der Waals surface area contributed by atoms with Crippen LogP contribution in [0.3, 0.4) is 0 Å². The Hall–Kier alpha value is -3.19. The smallest absolute Gasteiger partial charge is 0.263 e. The van der Waals surface area contributed by atoms with Crippen LogP contribution in [0.1, 0.15) is 41.6 Å². The Morgan fingerprint density at radius 2 is 2.03 bits per heavy atom. The SMILES string of the molecule is Cc1ccn(CC2CCCO2)c(=O)c1C(=O)Nc1ccc(N2CCCC2)c2ncccc12. The molecule has 0 radical (unpaired) electrons. The number of carbonyl (C=O) groups is 1. The largest absolute Gasteiger partial charge is 0.376 e. The highest BCUT2D eigenvalue weighted by atomic mass is 16.5. The fourth-order valence-corrected chi connectivity index (χ4v) is 4.76. The zero-order valence-corrected chi connectivity index (χ0v) is 18.3. The van der Waals surface area contributed by atoms with Crippen molar-refractivity contribution in [2.75, 3.05) is 29.9 Å². The van der Waals surface area contributed by atoms with E-state index in [0.717, 1.165) is 49.1 Å². The van der Waals surface area contributed by atoms with E-state index in [2.05, 4.69) is 15.2 Å². The summed E-state index contributed by atoms with van der Waals surface area (Å²) >= 11 is 0. The van der Waals surface area contributed by atoms with Crippen LogP contribution in [-0.4, -0.2) is 41.3 Å². The molecule has 2 saturated heterocycles. The minimum atomic E-state index is -0.395. The van der Waals surface area contributed by atoms with Gasteiger partial charge in [0.05, 0.1) is 29.5 Å². The van der Waals surface area contributed by atoms with Gasteiger partial charge in [-0.3, -0.25) is 14.6 Å². The van der Waals surface area contributed by atoms with E-state index in [4.69, 9.17) is 4.74 Å². The Kier molecular flexibility index (Phi) is 5.66. The predicted octanol–water partition coefficient (Wildman–Crippen LogP) is 3.74. The number of hydrogen-bond donors (Lipinski definition) is 1. The maximum atomic E-state index is 13.2. The second-order valence-corrected chi connectivity index (χ2v) is 8.65. The van der Waals surface area contributed by atoms with E-state index in [1.54, 1.807) is 23.9 Å². The van der Waals surface area contributed by atoms with Gasteiger partial charge >= 0.3 is 0 Å². The van der Waals surface area contributed by atoms with Crippen LogP contribution < -0.4 is 15.8 Å². The average Bonchev–Trinajstić information content (AvgIpc) is 3.51. The van der Waals surface area contributed by atoms with Gasteiger partial charge in [-0.15, -0.1) is 0 Å². The van der Waals surface area contributed by atoms with Gasteiger partial charge in [0.1, 0.15) is 5.56 Å². The maximum absolute atomic E-state index is 13.2. The molecule has 0 bridgehead atoms. The van der Waals surface area contributed by atoms with Crippen LogP contribution in [0.4, 0.5) is 11.4 Å². The summed E-state index contributed by atoms with van der Waals surface area (Å²) in [6.07, 6.45) is 7.85. The molecular formula is C25H28N4O3. The molecule has 2 aliphatic heterocycles. The molecule has 0 aliphatic carbocycles. The molecule has 1 aromatic carbocycles. The van der Waals surface area contributed by atoms with E-state index in [-0.39, 0.29) is 17.2 Å². The number of aryl methyl sites for hydroxylation is 1. The van der Waals surface area contributed by atoms with Gasteiger partial charge in [-0.05, 0) is 68.5 Å². The number of hydrogen-bond acceptors (Lipinski definition) is 5. The number of aromatic nitrogens is 2. The number of nitrogens with one attached hydrogen (secondary N) is 1. The molecule has 32 heavy (non-hydrogen) atoms. The van der Waals surface area contributed by atoms with Gasteiger partial charge in [0.25, 0.3) is 11.5 Å². The highest BCUT2D eigenvalue weighted by Crippen LogP contribution is 2.32.